The third kappa shape index (κ3) is 4.96. The summed E-state index contributed by atoms with van der Waals surface area (Å²) in [6, 6.07) is 1.82. The molecule has 1 heterocycles. The van der Waals surface area contributed by atoms with E-state index in [0.29, 0.717) is 18.2 Å². The van der Waals surface area contributed by atoms with Crippen molar-refractivity contribution in [2.45, 2.75) is 58.4 Å². The maximum Gasteiger partial charge on any atom is 0.258 e. The zero-order valence-electron chi connectivity index (χ0n) is 14.9. The molecule has 0 bridgehead atoms. The Labute approximate surface area is 143 Å². The summed E-state index contributed by atoms with van der Waals surface area (Å²) in [6.07, 6.45) is 1.68. The first-order chi connectivity index (χ1) is 9.89. The number of hydrogen-bond donors (Lipinski definition) is 0. The van der Waals surface area contributed by atoms with Gasteiger partial charge in [-0.05, 0) is 54.0 Å². The van der Waals surface area contributed by atoms with Crippen LogP contribution in [0.5, 0.6) is 11.6 Å². The minimum Gasteiger partial charge on any atom is -0.490 e. The molecular formula is C16H28BrNO3Si. The molecule has 0 aliphatic carbocycles. The average molecular weight is 390 g/mol. The standard InChI is InChI=1S/C16H28BrNO3Si/c1-15(2,3)22(7,8)21-16(4,5)11-20-14-13(19-6)12(17)9-10-18-14/h9-10H,11H2,1-8H3. The second-order valence-electron chi connectivity index (χ2n) is 7.54. The van der Waals surface area contributed by atoms with Crippen molar-refractivity contribution in [3.8, 4) is 11.6 Å². The molecule has 1 aromatic rings. The molecule has 0 unspecified atom stereocenters. The number of ether oxygens (including phenoxy) is 2. The molecule has 0 N–H and O–H groups in total. The first kappa shape index (κ1) is 19.5. The van der Waals surface area contributed by atoms with Crippen molar-refractivity contribution in [2.24, 2.45) is 0 Å². The van der Waals surface area contributed by atoms with E-state index < -0.39 is 13.9 Å². The van der Waals surface area contributed by atoms with Crippen molar-refractivity contribution in [3.05, 3.63) is 16.7 Å². The van der Waals surface area contributed by atoms with E-state index >= 15 is 0 Å². The van der Waals surface area contributed by atoms with E-state index in [2.05, 4.69) is 68.6 Å². The fraction of sp³-hybridized carbons (Fsp3) is 0.688. The average Bonchev–Trinajstić information content (AvgIpc) is 2.34. The Morgan fingerprint density at radius 3 is 2.27 bits per heavy atom. The van der Waals surface area contributed by atoms with Crippen LogP contribution in [0, 0.1) is 0 Å². The van der Waals surface area contributed by atoms with Crippen LogP contribution in [0.2, 0.25) is 18.1 Å². The van der Waals surface area contributed by atoms with Crippen LogP contribution in [-0.4, -0.2) is 32.6 Å². The van der Waals surface area contributed by atoms with Crippen molar-refractivity contribution >= 4 is 24.2 Å². The number of hydrogen-bond acceptors (Lipinski definition) is 4. The van der Waals surface area contributed by atoms with Crippen molar-refractivity contribution in [3.63, 3.8) is 0 Å². The third-order valence-electron chi connectivity index (χ3n) is 3.92. The largest absolute Gasteiger partial charge is 0.490 e. The predicted molar refractivity (Wildman–Crippen MR) is 96.3 cm³/mol. The Morgan fingerprint density at radius 1 is 1.18 bits per heavy atom. The molecule has 22 heavy (non-hydrogen) atoms. The summed E-state index contributed by atoms with van der Waals surface area (Å²) in [5, 5.41) is 0.163. The molecule has 0 spiro atoms. The monoisotopic (exact) mass is 389 g/mol. The summed E-state index contributed by atoms with van der Waals surface area (Å²) in [5.74, 6) is 1.08. The Kier molecular flexibility index (Phi) is 6.09. The number of nitrogens with zero attached hydrogens (tertiary/aromatic N) is 1. The number of rotatable bonds is 6. The van der Waals surface area contributed by atoms with Gasteiger partial charge in [-0.25, -0.2) is 4.98 Å². The summed E-state index contributed by atoms with van der Waals surface area (Å²) >= 11 is 3.43. The highest BCUT2D eigenvalue weighted by molar-refractivity contribution is 9.10. The molecule has 0 saturated carbocycles. The molecule has 126 valence electrons. The van der Waals surface area contributed by atoms with E-state index in [1.54, 1.807) is 13.3 Å². The van der Waals surface area contributed by atoms with Crippen molar-refractivity contribution in [1.82, 2.24) is 4.98 Å². The molecule has 0 radical (unpaired) electrons. The number of pyridine rings is 1. The highest BCUT2D eigenvalue weighted by atomic mass is 79.9. The van der Waals surface area contributed by atoms with Gasteiger partial charge in [0.25, 0.3) is 5.88 Å². The molecule has 0 amide bonds. The van der Waals surface area contributed by atoms with Gasteiger partial charge in [-0.1, -0.05) is 20.8 Å². The van der Waals surface area contributed by atoms with Crippen LogP contribution in [0.15, 0.2) is 16.7 Å². The van der Waals surface area contributed by atoms with Crippen LogP contribution < -0.4 is 9.47 Å². The van der Waals surface area contributed by atoms with E-state index in [9.17, 15) is 0 Å². The fourth-order valence-corrected chi connectivity index (χ4v) is 4.01. The molecule has 0 aliphatic heterocycles. The van der Waals surface area contributed by atoms with Gasteiger partial charge in [-0.2, -0.15) is 0 Å². The Hall–Kier alpha value is -0.593. The summed E-state index contributed by atoms with van der Waals surface area (Å²) in [6.45, 7) is 15.7. The molecule has 0 atom stereocenters. The van der Waals surface area contributed by atoms with Crippen LogP contribution >= 0.6 is 15.9 Å². The lowest BCUT2D eigenvalue weighted by atomic mass is 10.2. The second-order valence-corrected chi connectivity index (χ2v) is 13.1. The maximum atomic E-state index is 6.45. The van der Waals surface area contributed by atoms with Crippen molar-refractivity contribution < 1.29 is 13.9 Å². The van der Waals surface area contributed by atoms with E-state index in [-0.39, 0.29) is 5.04 Å². The Morgan fingerprint density at radius 2 is 1.77 bits per heavy atom. The quantitative estimate of drug-likeness (QED) is 0.639. The molecular weight excluding hydrogens is 362 g/mol. The van der Waals surface area contributed by atoms with Gasteiger partial charge < -0.3 is 13.9 Å². The van der Waals surface area contributed by atoms with Crippen LogP contribution in [0.25, 0.3) is 0 Å². The summed E-state index contributed by atoms with van der Waals surface area (Å²) in [5.41, 5.74) is -0.391. The van der Waals surface area contributed by atoms with Gasteiger partial charge in [0.15, 0.2) is 14.1 Å². The lowest BCUT2D eigenvalue weighted by molar-refractivity contribution is 0.0364. The molecule has 6 heteroatoms. The van der Waals surface area contributed by atoms with Crippen molar-refractivity contribution in [1.29, 1.82) is 0 Å². The van der Waals surface area contributed by atoms with Gasteiger partial charge in [-0.3, -0.25) is 0 Å². The van der Waals surface area contributed by atoms with E-state index in [1.807, 2.05) is 6.07 Å². The summed E-state index contributed by atoms with van der Waals surface area (Å²) in [4.78, 5) is 4.24. The molecule has 0 fully saturated rings. The number of halogens is 1. The van der Waals surface area contributed by atoms with Crippen LogP contribution in [-0.2, 0) is 4.43 Å². The van der Waals surface area contributed by atoms with Crippen molar-refractivity contribution in [2.75, 3.05) is 13.7 Å². The summed E-state index contributed by atoms with van der Waals surface area (Å²) in [7, 11) is -0.249. The molecule has 0 saturated heterocycles. The SMILES string of the molecule is COc1c(Br)ccnc1OCC(C)(C)O[Si](C)(C)C(C)(C)C. The molecule has 1 aromatic heterocycles. The maximum absolute atomic E-state index is 6.45. The van der Waals surface area contributed by atoms with Gasteiger partial charge in [0.2, 0.25) is 0 Å². The van der Waals surface area contributed by atoms with Crippen LogP contribution in [0.4, 0.5) is 0 Å². The zero-order chi connectivity index (χ0) is 17.2. The third-order valence-corrected chi connectivity index (χ3v) is 9.22. The minimum atomic E-state index is -1.85. The summed E-state index contributed by atoms with van der Waals surface area (Å²) < 4.78 is 18.5. The topological polar surface area (TPSA) is 40.6 Å². The normalized spacial score (nSPS) is 13.1. The zero-order valence-corrected chi connectivity index (χ0v) is 17.5. The predicted octanol–water partition coefficient (Wildman–Crippen LogP) is 5.03. The fourth-order valence-electron chi connectivity index (χ4n) is 1.81. The van der Waals surface area contributed by atoms with E-state index in [4.69, 9.17) is 13.9 Å². The van der Waals surface area contributed by atoms with Gasteiger partial charge in [-0.15, -0.1) is 0 Å². The van der Waals surface area contributed by atoms with Gasteiger partial charge in [0.05, 0.1) is 17.2 Å². The lowest BCUT2D eigenvalue weighted by Crippen LogP contribution is -2.49. The van der Waals surface area contributed by atoms with Gasteiger partial charge in [0, 0.05) is 6.20 Å². The first-order valence-electron chi connectivity index (χ1n) is 7.41. The first-order valence-corrected chi connectivity index (χ1v) is 11.1. The highest BCUT2D eigenvalue weighted by Crippen LogP contribution is 2.39. The number of aromatic nitrogens is 1. The van der Waals surface area contributed by atoms with E-state index in [1.165, 1.54) is 0 Å². The lowest BCUT2D eigenvalue weighted by Gasteiger charge is -2.42. The van der Waals surface area contributed by atoms with E-state index in [0.717, 1.165) is 4.47 Å². The molecule has 4 nitrogen and oxygen atoms in total. The molecule has 1 rings (SSSR count). The van der Waals surface area contributed by atoms with Gasteiger partial charge in [0.1, 0.15) is 6.61 Å². The molecule has 0 aromatic carbocycles. The smallest absolute Gasteiger partial charge is 0.258 e. The van der Waals surface area contributed by atoms with Crippen LogP contribution in [0.1, 0.15) is 34.6 Å². The minimum absolute atomic E-state index is 0.163. The van der Waals surface area contributed by atoms with Gasteiger partial charge >= 0.3 is 0 Å². The van der Waals surface area contributed by atoms with Crippen LogP contribution in [0.3, 0.4) is 0 Å². The Balaban J connectivity index is 2.81. The Bertz CT molecular complexity index is 513. The second kappa shape index (κ2) is 6.89. The molecule has 0 aliphatic rings. The number of methoxy groups -OCH3 is 1. The highest BCUT2D eigenvalue weighted by Gasteiger charge is 2.41.